The molecule has 20 heavy (non-hydrogen) atoms. The van der Waals surface area contributed by atoms with E-state index in [2.05, 4.69) is 6.08 Å². The first-order chi connectivity index (χ1) is 9.67. The molecule has 1 aromatic rings. The Morgan fingerprint density at radius 3 is 2.70 bits per heavy atom. The third-order valence-electron chi connectivity index (χ3n) is 3.61. The van der Waals surface area contributed by atoms with Gasteiger partial charge in [-0.1, -0.05) is 18.2 Å². The Balaban J connectivity index is 2.24. The van der Waals surface area contributed by atoms with E-state index >= 15 is 0 Å². The minimum Gasteiger partial charge on any atom is -0.491 e. The van der Waals surface area contributed by atoms with E-state index in [4.69, 9.17) is 4.74 Å². The maximum Gasteiger partial charge on any atom is 0.201 e. The van der Waals surface area contributed by atoms with E-state index in [1.807, 2.05) is 19.1 Å². The Kier molecular flexibility index (Phi) is 4.94. The fraction of sp³-hybridized carbons (Fsp3) is 0.412. The van der Waals surface area contributed by atoms with Gasteiger partial charge >= 0.3 is 0 Å². The number of benzene rings is 1. The average molecular weight is 278 g/mol. The van der Waals surface area contributed by atoms with Crippen LogP contribution in [0.3, 0.4) is 0 Å². The molecule has 2 rings (SSSR count). The van der Waals surface area contributed by atoms with Gasteiger partial charge in [0.05, 0.1) is 6.61 Å². The molecule has 0 fully saturated rings. The average Bonchev–Trinajstić information content (AvgIpc) is 2.46. The van der Waals surface area contributed by atoms with Gasteiger partial charge in [-0.15, -0.1) is 0 Å². The van der Waals surface area contributed by atoms with E-state index in [0.29, 0.717) is 18.1 Å². The van der Waals surface area contributed by atoms with E-state index in [1.165, 1.54) is 6.07 Å². The maximum absolute atomic E-state index is 14.1. The Morgan fingerprint density at radius 1 is 1.30 bits per heavy atom. The van der Waals surface area contributed by atoms with Crippen molar-refractivity contribution >= 4 is 5.57 Å². The van der Waals surface area contributed by atoms with Gasteiger partial charge in [-0.3, -0.25) is 0 Å². The van der Waals surface area contributed by atoms with Crippen LogP contribution in [0.2, 0.25) is 0 Å². The molecule has 0 radical (unpaired) electrons. The molecular weight excluding hydrogens is 258 g/mol. The van der Waals surface area contributed by atoms with Crippen LogP contribution < -0.4 is 4.74 Å². The number of ether oxygens (including phenoxy) is 1. The van der Waals surface area contributed by atoms with Gasteiger partial charge in [-0.05, 0) is 56.7 Å². The van der Waals surface area contributed by atoms with Gasteiger partial charge in [0.25, 0.3) is 0 Å². The quantitative estimate of drug-likeness (QED) is 0.694. The van der Waals surface area contributed by atoms with Crippen molar-refractivity contribution in [3.05, 3.63) is 47.6 Å². The Hall–Kier alpha value is -1.64. The molecule has 1 nitrogen and oxygen atoms in total. The molecule has 0 saturated carbocycles. The summed E-state index contributed by atoms with van der Waals surface area (Å²) in [6.07, 6.45) is 8.87. The molecule has 0 bridgehead atoms. The molecule has 0 amide bonds. The molecule has 0 spiro atoms. The molecule has 0 aliphatic heterocycles. The normalized spacial score (nSPS) is 19.2. The number of allylic oxidation sites excluding steroid dienone is 4. The highest BCUT2D eigenvalue weighted by Gasteiger charge is 2.20. The first kappa shape index (κ1) is 14.8. The van der Waals surface area contributed by atoms with Crippen molar-refractivity contribution in [2.24, 2.45) is 5.92 Å². The predicted molar refractivity (Wildman–Crippen MR) is 77.7 cm³/mol. The highest BCUT2D eigenvalue weighted by molar-refractivity contribution is 5.67. The summed E-state index contributed by atoms with van der Waals surface area (Å²) in [7, 11) is 0. The predicted octanol–water partition coefficient (Wildman–Crippen LogP) is 5.12. The van der Waals surface area contributed by atoms with Crippen molar-refractivity contribution in [2.75, 3.05) is 6.61 Å². The van der Waals surface area contributed by atoms with Crippen molar-refractivity contribution in [1.29, 1.82) is 0 Å². The second-order valence-electron chi connectivity index (χ2n) is 4.96. The summed E-state index contributed by atoms with van der Waals surface area (Å²) >= 11 is 0. The van der Waals surface area contributed by atoms with Crippen LogP contribution in [0.4, 0.5) is 8.78 Å². The molecule has 0 heterocycles. The Morgan fingerprint density at radius 2 is 2.10 bits per heavy atom. The zero-order valence-corrected chi connectivity index (χ0v) is 12.0. The summed E-state index contributed by atoms with van der Waals surface area (Å²) in [5, 5.41) is 0. The number of rotatable bonds is 4. The molecular formula is C17H20F2O. The topological polar surface area (TPSA) is 9.23 Å². The van der Waals surface area contributed by atoms with E-state index < -0.39 is 11.6 Å². The Bertz CT molecular complexity index is 532. The minimum absolute atomic E-state index is 0.0167. The zero-order chi connectivity index (χ0) is 14.5. The third kappa shape index (κ3) is 3.09. The SMILES string of the molecule is CC=CC1CC=C(c2ccc(OCC)c(F)c2F)CC1. The number of hydrogen-bond acceptors (Lipinski definition) is 1. The monoisotopic (exact) mass is 278 g/mol. The summed E-state index contributed by atoms with van der Waals surface area (Å²) in [4.78, 5) is 0. The number of halogens is 2. The van der Waals surface area contributed by atoms with E-state index in [-0.39, 0.29) is 5.75 Å². The van der Waals surface area contributed by atoms with Crippen LogP contribution in [0.1, 0.15) is 38.7 Å². The van der Waals surface area contributed by atoms with Crippen molar-refractivity contribution < 1.29 is 13.5 Å². The van der Waals surface area contributed by atoms with Gasteiger partial charge in [-0.2, -0.15) is 4.39 Å². The van der Waals surface area contributed by atoms with Gasteiger partial charge in [0, 0.05) is 5.56 Å². The second kappa shape index (κ2) is 6.69. The lowest BCUT2D eigenvalue weighted by Crippen LogP contribution is -2.05. The molecule has 0 N–H and O–H groups in total. The van der Waals surface area contributed by atoms with Gasteiger partial charge in [0.1, 0.15) is 0 Å². The lowest BCUT2D eigenvalue weighted by Gasteiger charge is -2.20. The molecule has 3 heteroatoms. The molecule has 1 atom stereocenters. The molecule has 108 valence electrons. The standard InChI is InChI=1S/C17H20F2O/c1-3-5-12-6-8-13(9-7-12)14-10-11-15(20-4-2)17(19)16(14)18/h3,5,8,10-12H,4,6-7,9H2,1-2H3. The van der Waals surface area contributed by atoms with Crippen LogP contribution in [0, 0.1) is 17.6 Å². The summed E-state index contributed by atoms with van der Waals surface area (Å²) in [6.45, 7) is 4.07. The fourth-order valence-corrected chi connectivity index (χ4v) is 2.59. The third-order valence-corrected chi connectivity index (χ3v) is 3.61. The van der Waals surface area contributed by atoms with E-state index in [1.54, 1.807) is 13.0 Å². The van der Waals surface area contributed by atoms with E-state index in [9.17, 15) is 8.78 Å². The van der Waals surface area contributed by atoms with Gasteiger partial charge in [0.2, 0.25) is 5.82 Å². The van der Waals surface area contributed by atoms with Crippen LogP contribution in [-0.2, 0) is 0 Å². The van der Waals surface area contributed by atoms with Gasteiger partial charge in [-0.25, -0.2) is 4.39 Å². The van der Waals surface area contributed by atoms with Crippen molar-refractivity contribution in [3.8, 4) is 5.75 Å². The highest BCUT2D eigenvalue weighted by atomic mass is 19.2. The first-order valence-corrected chi connectivity index (χ1v) is 7.10. The lowest BCUT2D eigenvalue weighted by molar-refractivity contribution is 0.314. The van der Waals surface area contributed by atoms with Gasteiger partial charge < -0.3 is 4.74 Å². The summed E-state index contributed by atoms with van der Waals surface area (Å²) < 4.78 is 33.0. The largest absolute Gasteiger partial charge is 0.491 e. The number of hydrogen-bond donors (Lipinski definition) is 0. The van der Waals surface area contributed by atoms with Crippen molar-refractivity contribution in [2.45, 2.75) is 33.1 Å². The van der Waals surface area contributed by atoms with Crippen molar-refractivity contribution in [3.63, 3.8) is 0 Å². The molecule has 1 unspecified atom stereocenters. The fourth-order valence-electron chi connectivity index (χ4n) is 2.59. The second-order valence-corrected chi connectivity index (χ2v) is 4.96. The van der Waals surface area contributed by atoms with Crippen molar-refractivity contribution in [1.82, 2.24) is 0 Å². The molecule has 1 aliphatic carbocycles. The van der Waals surface area contributed by atoms with Gasteiger partial charge in [0.15, 0.2) is 11.6 Å². The maximum atomic E-state index is 14.1. The summed E-state index contributed by atoms with van der Waals surface area (Å²) in [5.74, 6) is -1.19. The highest BCUT2D eigenvalue weighted by Crippen LogP contribution is 2.34. The molecule has 0 aromatic heterocycles. The van der Waals surface area contributed by atoms with Crippen LogP contribution in [-0.4, -0.2) is 6.61 Å². The minimum atomic E-state index is -0.888. The van der Waals surface area contributed by atoms with Crippen LogP contribution >= 0.6 is 0 Å². The smallest absolute Gasteiger partial charge is 0.201 e. The molecule has 0 saturated heterocycles. The lowest BCUT2D eigenvalue weighted by atomic mass is 9.86. The first-order valence-electron chi connectivity index (χ1n) is 7.10. The van der Waals surface area contributed by atoms with Crippen LogP contribution in [0.5, 0.6) is 5.75 Å². The zero-order valence-electron chi connectivity index (χ0n) is 12.0. The molecule has 1 aliphatic rings. The summed E-state index contributed by atoms with van der Waals surface area (Å²) in [5.41, 5.74) is 1.26. The molecule has 1 aromatic carbocycles. The van der Waals surface area contributed by atoms with Crippen LogP contribution in [0.15, 0.2) is 30.4 Å². The van der Waals surface area contributed by atoms with Crippen LogP contribution in [0.25, 0.3) is 5.57 Å². The van der Waals surface area contributed by atoms with E-state index in [0.717, 1.165) is 24.8 Å². The summed E-state index contributed by atoms with van der Waals surface area (Å²) in [6, 6.07) is 3.13. The Labute approximate surface area is 119 Å².